The summed E-state index contributed by atoms with van der Waals surface area (Å²) in [6, 6.07) is 18.5. The Morgan fingerprint density at radius 3 is 2.50 bits per heavy atom. The highest BCUT2D eigenvalue weighted by Crippen LogP contribution is 2.29. The number of rotatable bonds is 9. The first-order valence-corrected chi connectivity index (χ1v) is 10.9. The van der Waals surface area contributed by atoms with Gasteiger partial charge in [0, 0.05) is 29.3 Å². The monoisotopic (exact) mass is 539 g/mol. The van der Waals surface area contributed by atoms with Crippen molar-refractivity contribution in [2.24, 2.45) is 4.99 Å². The lowest BCUT2D eigenvalue weighted by molar-refractivity contribution is 0.134. The molecule has 2 aromatic carbocycles. The van der Waals surface area contributed by atoms with E-state index in [4.69, 9.17) is 4.74 Å². The van der Waals surface area contributed by atoms with E-state index < -0.39 is 6.10 Å². The first-order valence-electron chi connectivity index (χ1n) is 10.0. The van der Waals surface area contributed by atoms with Crippen LogP contribution in [-0.4, -0.2) is 30.8 Å². The van der Waals surface area contributed by atoms with E-state index >= 15 is 0 Å². The van der Waals surface area contributed by atoms with Crippen LogP contribution in [0.3, 0.4) is 0 Å². The van der Waals surface area contributed by atoms with Gasteiger partial charge in [-0.3, -0.25) is 0 Å². The van der Waals surface area contributed by atoms with Crippen molar-refractivity contribution in [2.45, 2.75) is 33.1 Å². The van der Waals surface area contributed by atoms with Gasteiger partial charge in [-0.05, 0) is 42.5 Å². The van der Waals surface area contributed by atoms with Crippen molar-refractivity contribution in [3.63, 3.8) is 0 Å². The SMILES string of the molecule is CCNC(=NCc1ccc(COCC)cc1)NCC(O)c1cc2ccccc2s1.I. The molecule has 3 aromatic rings. The lowest BCUT2D eigenvalue weighted by Gasteiger charge is -2.14. The zero-order valence-electron chi connectivity index (χ0n) is 17.4. The first-order chi connectivity index (χ1) is 14.2. The number of nitrogens with zero attached hydrogens (tertiary/aromatic N) is 1. The van der Waals surface area contributed by atoms with Gasteiger partial charge >= 0.3 is 0 Å². The highest BCUT2D eigenvalue weighted by atomic mass is 127. The molecule has 0 spiro atoms. The first kappa shape index (κ1) is 24.6. The highest BCUT2D eigenvalue weighted by Gasteiger charge is 2.12. The number of hydrogen-bond donors (Lipinski definition) is 3. The van der Waals surface area contributed by atoms with E-state index in [1.807, 2.05) is 26.0 Å². The summed E-state index contributed by atoms with van der Waals surface area (Å²) in [7, 11) is 0. The van der Waals surface area contributed by atoms with E-state index in [1.165, 1.54) is 10.1 Å². The Labute approximate surface area is 199 Å². The van der Waals surface area contributed by atoms with E-state index in [-0.39, 0.29) is 24.0 Å². The minimum Gasteiger partial charge on any atom is -0.386 e. The number of nitrogens with one attached hydrogen (secondary N) is 2. The van der Waals surface area contributed by atoms with Crippen molar-refractivity contribution in [2.75, 3.05) is 19.7 Å². The third-order valence-electron chi connectivity index (χ3n) is 4.50. The molecule has 3 rings (SSSR count). The number of aliphatic imine (C=N–C) groups is 1. The molecule has 0 radical (unpaired) electrons. The summed E-state index contributed by atoms with van der Waals surface area (Å²) in [5.41, 5.74) is 2.29. The van der Waals surface area contributed by atoms with E-state index in [9.17, 15) is 5.11 Å². The summed E-state index contributed by atoms with van der Waals surface area (Å²) in [4.78, 5) is 5.60. The van der Waals surface area contributed by atoms with Gasteiger partial charge in [0.2, 0.25) is 0 Å². The normalized spacial score (nSPS) is 12.4. The van der Waals surface area contributed by atoms with Crippen molar-refractivity contribution >= 4 is 51.4 Å². The van der Waals surface area contributed by atoms with Crippen LogP contribution in [0.1, 0.15) is 36.0 Å². The number of guanidine groups is 1. The van der Waals surface area contributed by atoms with Crippen LogP contribution in [0.2, 0.25) is 0 Å². The molecule has 3 N–H and O–H groups in total. The largest absolute Gasteiger partial charge is 0.386 e. The maximum Gasteiger partial charge on any atom is 0.191 e. The quantitative estimate of drug-likeness (QED) is 0.207. The molecule has 0 aliphatic carbocycles. The molecular weight excluding hydrogens is 509 g/mol. The smallest absolute Gasteiger partial charge is 0.191 e. The number of benzene rings is 2. The van der Waals surface area contributed by atoms with Gasteiger partial charge in [-0.2, -0.15) is 0 Å². The van der Waals surface area contributed by atoms with E-state index in [0.29, 0.717) is 25.7 Å². The Morgan fingerprint density at radius 1 is 1.07 bits per heavy atom. The number of aliphatic hydroxyl groups is 1. The number of hydrogen-bond acceptors (Lipinski definition) is 4. The summed E-state index contributed by atoms with van der Waals surface area (Å²) in [6.45, 7) is 7.13. The van der Waals surface area contributed by atoms with Crippen molar-refractivity contribution in [3.05, 3.63) is 70.6 Å². The molecular formula is C23H30IN3O2S. The summed E-state index contributed by atoms with van der Waals surface area (Å²) >= 11 is 1.63. The zero-order valence-corrected chi connectivity index (χ0v) is 20.6. The molecule has 7 heteroatoms. The van der Waals surface area contributed by atoms with Crippen LogP contribution in [0.4, 0.5) is 0 Å². The predicted molar refractivity (Wildman–Crippen MR) is 137 cm³/mol. The standard InChI is InChI=1S/C23H29N3O2S.HI/c1-3-24-23(25-14-17-9-11-18(12-10-17)16-28-4-2)26-15-20(27)22-13-19-7-5-6-8-21(19)29-22;/h5-13,20,27H,3-4,14-16H2,1-2H3,(H2,24,25,26);1H. The second kappa shape index (κ2) is 12.9. The molecule has 1 heterocycles. The highest BCUT2D eigenvalue weighted by molar-refractivity contribution is 14.0. The number of fused-ring (bicyclic) bond motifs is 1. The Hall–Kier alpha value is -1.68. The second-order valence-corrected chi connectivity index (χ2v) is 7.85. The van der Waals surface area contributed by atoms with Gasteiger partial charge in [0.25, 0.3) is 0 Å². The topological polar surface area (TPSA) is 65.9 Å². The summed E-state index contributed by atoms with van der Waals surface area (Å²) in [6.07, 6.45) is -0.575. The summed E-state index contributed by atoms with van der Waals surface area (Å²) < 4.78 is 6.62. The molecule has 0 aliphatic heterocycles. The van der Waals surface area contributed by atoms with Gasteiger partial charge in [0.05, 0.1) is 13.2 Å². The third kappa shape index (κ3) is 7.23. The van der Waals surface area contributed by atoms with E-state index in [1.54, 1.807) is 11.3 Å². The van der Waals surface area contributed by atoms with Crippen LogP contribution < -0.4 is 10.6 Å². The minimum absolute atomic E-state index is 0. The summed E-state index contributed by atoms with van der Waals surface area (Å²) in [5.74, 6) is 0.700. The predicted octanol–water partition coefficient (Wildman–Crippen LogP) is 4.84. The van der Waals surface area contributed by atoms with Crippen molar-refractivity contribution in [1.82, 2.24) is 10.6 Å². The molecule has 0 amide bonds. The fourth-order valence-electron chi connectivity index (χ4n) is 2.93. The number of halogens is 1. The van der Waals surface area contributed by atoms with Crippen molar-refractivity contribution < 1.29 is 9.84 Å². The summed E-state index contributed by atoms with van der Waals surface area (Å²) in [5, 5.41) is 18.2. The molecule has 0 saturated heterocycles. The maximum atomic E-state index is 10.6. The number of aliphatic hydroxyl groups excluding tert-OH is 1. The fraction of sp³-hybridized carbons (Fsp3) is 0.348. The van der Waals surface area contributed by atoms with Crippen LogP contribution in [0, 0.1) is 0 Å². The lowest BCUT2D eigenvalue weighted by atomic mass is 10.1. The molecule has 0 bridgehead atoms. The van der Waals surface area contributed by atoms with Crippen LogP contribution in [0.15, 0.2) is 59.6 Å². The molecule has 0 saturated carbocycles. The molecule has 1 unspecified atom stereocenters. The van der Waals surface area contributed by atoms with Gasteiger partial charge < -0.3 is 20.5 Å². The Balaban J connectivity index is 0.00000320. The fourth-order valence-corrected chi connectivity index (χ4v) is 3.98. The van der Waals surface area contributed by atoms with Gasteiger partial charge in [-0.15, -0.1) is 35.3 Å². The van der Waals surface area contributed by atoms with E-state index in [2.05, 4.69) is 58.1 Å². The molecule has 0 aliphatic rings. The number of ether oxygens (including phenoxy) is 1. The van der Waals surface area contributed by atoms with Crippen molar-refractivity contribution in [3.8, 4) is 0 Å². The Kier molecular flexibility index (Phi) is 10.6. The zero-order chi connectivity index (χ0) is 20.5. The van der Waals surface area contributed by atoms with Crippen LogP contribution in [0.25, 0.3) is 10.1 Å². The van der Waals surface area contributed by atoms with E-state index in [0.717, 1.165) is 29.2 Å². The Morgan fingerprint density at radius 2 is 1.80 bits per heavy atom. The Bertz CT molecular complexity index is 895. The second-order valence-electron chi connectivity index (χ2n) is 6.73. The molecule has 1 atom stereocenters. The average Bonchev–Trinajstić information content (AvgIpc) is 3.19. The third-order valence-corrected chi connectivity index (χ3v) is 5.71. The molecule has 0 fully saturated rings. The van der Waals surface area contributed by atoms with Gasteiger partial charge in [0.1, 0.15) is 6.10 Å². The molecule has 162 valence electrons. The van der Waals surface area contributed by atoms with Crippen LogP contribution >= 0.6 is 35.3 Å². The van der Waals surface area contributed by atoms with Crippen LogP contribution in [0.5, 0.6) is 0 Å². The van der Waals surface area contributed by atoms with Gasteiger partial charge in [-0.1, -0.05) is 42.5 Å². The van der Waals surface area contributed by atoms with Crippen LogP contribution in [-0.2, 0) is 17.9 Å². The van der Waals surface area contributed by atoms with Gasteiger partial charge in [0.15, 0.2) is 5.96 Å². The molecule has 30 heavy (non-hydrogen) atoms. The molecule has 5 nitrogen and oxygen atoms in total. The average molecular weight is 539 g/mol. The van der Waals surface area contributed by atoms with Gasteiger partial charge in [-0.25, -0.2) is 4.99 Å². The lowest BCUT2D eigenvalue weighted by Crippen LogP contribution is -2.39. The number of thiophene rings is 1. The van der Waals surface area contributed by atoms with Crippen molar-refractivity contribution in [1.29, 1.82) is 0 Å². The maximum absolute atomic E-state index is 10.6. The molecule has 1 aromatic heterocycles. The minimum atomic E-state index is -0.575.